The van der Waals surface area contributed by atoms with Crippen LogP contribution in [0.15, 0.2) is 30.9 Å². The number of hydrogen-bond acceptors (Lipinski definition) is 4. The van der Waals surface area contributed by atoms with Crippen LogP contribution in [-0.2, 0) is 4.79 Å². The Hall–Kier alpha value is -2.84. The Morgan fingerprint density at radius 3 is 2.96 bits per heavy atom. The van der Waals surface area contributed by atoms with Crippen LogP contribution in [-0.4, -0.2) is 58.1 Å². The number of fused-ring (bicyclic) bond motifs is 3. The topological polar surface area (TPSA) is 65.1 Å². The third kappa shape index (κ3) is 3.29. The van der Waals surface area contributed by atoms with Gasteiger partial charge >= 0.3 is 6.18 Å². The molecule has 1 aliphatic rings. The lowest BCUT2D eigenvalue weighted by Crippen LogP contribution is -2.40. The molecular weight excluding hydrogens is 359 g/mol. The van der Waals surface area contributed by atoms with E-state index in [9.17, 15) is 18.0 Å². The van der Waals surface area contributed by atoms with Gasteiger partial charge in [-0.25, -0.2) is 4.98 Å². The number of carbonyl (C=O) groups excluding carboxylic acids is 1. The van der Waals surface area contributed by atoms with Crippen LogP contribution in [0.4, 0.5) is 18.9 Å². The summed E-state index contributed by atoms with van der Waals surface area (Å²) < 4.78 is 37.5. The molecule has 0 spiro atoms. The Morgan fingerprint density at radius 1 is 1.37 bits per heavy atom. The lowest BCUT2D eigenvalue weighted by molar-refractivity contribution is -0.161. The van der Waals surface area contributed by atoms with Crippen molar-refractivity contribution in [2.75, 3.05) is 25.0 Å². The fourth-order valence-corrected chi connectivity index (χ4v) is 3.68. The summed E-state index contributed by atoms with van der Waals surface area (Å²) in [6.07, 6.45) is 1.76. The van der Waals surface area contributed by atoms with Crippen molar-refractivity contribution in [3.05, 3.63) is 30.9 Å². The highest BCUT2D eigenvalue weighted by molar-refractivity contribution is 6.11. The molecular formula is C18H18F3N5O. The lowest BCUT2D eigenvalue weighted by Gasteiger charge is -2.26. The molecule has 3 aromatic heterocycles. The van der Waals surface area contributed by atoms with Crippen molar-refractivity contribution in [2.24, 2.45) is 0 Å². The smallest absolute Gasteiger partial charge is 0.368 e. The first-order chi connectivity index (χ1) is 12.8. The molecule has 0 aromatic carbocycles. The number of nitrogens with zero attached hydrogens (tertiary/aromatic N) is 4. The number of anilines is 1. The molecule has 1 N–H and O–H groups in total. The second-order valence-corrected chi connectivity index (χ2v) is 6.81. The van der Waals surface area contributed by atoms with Crippen LogP contribution in [0.25, 0.3) is 21.8 Å². The van der Waals surface area contributed by atoms with Crippen LogP contribution in [0.1, 0.15) is 12.8 Å². The van der Waals surface area contributed by atoms with Crippen molar-refractivity contribution in [3.63, 3.8) is 0 Å². The summed E-state index contributed by atoms with van der Waals surface area (Å²) in [7, 11) is 1.44. The fraction of sp³-hybridized carbons (Fsp3) is 0.389. The summed E-state index contributed by atoms with van der Waals surface area (Å²) >= 11 is 0. The van der Waals surface area contributed by atoms with Gasteiger partial charge in [-0.15, -0.1) is 0 Å². The lowest BCUT2D eigenvalue weighted by atomic mass is 10.1. The van der Waals surface area contributed by atoms with Crippen molar-refractivity contribution in [1.82, 2.24) is 19.9 Å². The quantitative estimate of drug-likeness (QED) is 0.762. The maximum Gasteiger partial charge on any atom is 0.397 e. The average Bonchev–Trinajstić information content (AvgIpc) is 3.28. The van der Waals surface area contributed by atoms with Crippen LogP contribution in [0, 0.1) is 0 Å². The number of aromatic amines is 1. The summed E-state index contributed by atoms with van der Waals surface area (Å²) in [4.78, 5) is 26.9. The second-order valence-electron chi connectivity index (χ2n) is 6.81. The molecule has 0 bridgehead atoms. The summed E-state index contributed by atoms with van der Waals surface area (Å²) in [6.45, 7) is 1.11. The number of halogens is 3. The van der Waals surface area contributed by atoms with Gasteiger partial charge in [0.2, 0.25) is 5.91 Å². The van der Waals surface area contributed by atoms with E-state index in [1.54, 1.807) is 18.6 Å². The van der Waals surface area contributed by atoms with Gasteiger partial charge in [0.1, 0.15) is 12.1 Å². The van der Waals surface area contributed by atoms with Crippen LogP contribution in [0.2, 0.25) is 0 Å². The summed E-state index contributed by atoms with van der Waals surface area (Å²) in [5.41, 5.74) is 1.67. The largest absolute Gasteiger partial charge is 0.397 e. The minimum absolute atomic E-state index is 0.265. The molecule has 27 heavy (non-hydrogen) atoms. The van der Waals surface area contributed by atoms with Gasteiger partial charge in [-0.2, -0.15) is 13.2 Å². The maximum absolute atomic E-state index is 12.5. The van der Waals surface area contributed by atoms with E-state index in [0.717, 1.165) is 27.5 Å². The Labute approximate surface area is 153 Å². The number of aromatic nitrogens is 3. The summed E-state index contributed by atoms with van der Waals surface area (Å²) in [5.74, 6) is -0.900. The van der Waals surface area contributed by atoms with Gasteiger partial charge in [-0.3, -0.25) is 9.78 Å². The summed E-state index contributed by atoms with van der Waals surface area (Å²) in [6, 6.07) is 1.68. The molecule has 1 fully saturated rings. The first-order valence-electron chi connectivity index (χ1n) is 8.60. The normalized spacial score (nSPS) is 17.8. The van der Waals surface area contributed by atoms with Gasteiger partial charge in [0.05, 0.1) is 17.9 Å². The molecule has 4 heterocycles. The number of hydrogen-bond donors (Lipinski definition) is 1. The molecule has 1 atom stereocenters. The maximum atomic E-state index is 12.5. The third-order valence-corrected chi connectivity index (χ3v) is 5.08. The van der Waals surface area contributed by atoms with Gasteiger partial charge in [0.25, 0.3) is 0 Å². The summed E-state index contributed by atoms with van der Waals surface area (Å²) in [5, 5.41) is 2.86. The highest BCUT2D eigenvalue weighted by Gasteiger charge is 2.36. The minimum atomic E-state index is -4.49. The average molecular weight is 377 g/mol. The zero-order valence-electron chi connectivity index (χ0n) is 14.6. The molecule has 3 aromatic rings. The fourth-order valence-electron chi connectivity index (χ4n) is 3.68. The Bertz CT molecular complexity index is 999. The van der Waals surface area contributed by atoms with Crippen molar-refractivity contribution in [2.45, 2.75) is 25.1 Å². The van der Waals surface area contributed by atoms with Gasteiger partial charge in [0.15, 0.2) is 0 Å². The second kappa shape index (κ2) is 6.40. The predicted octanol–water partition coefficient (Wildman–Crippen LogP) is 3.10. The van der Waals surface area contributed by atoms with Gasteiger partial charge < -0.3 is 14.8 Å². The first kappa shape index (κ1) is 17.6. The third-order valence-electron chi connectivity index (χ3n) is 5.08. The number of rotatable bonds is 3. The van der Waals surface area contributed by atoms with Crippen LogP contribution in [0.5, 0.6) is 0 Å². The molecule has 9 heteroatoms. The van der Waals surface area contributed by atoms with E-state index in [0.29, 0.717) is 19.5 Å². The van der Waals surface area contributed by atoms with E-state index in [1.165, 1.54) is 11.9 Å². The Morgan fingerprint density at radius 2 is 2.19 bits per heavy atom. The molecule has 1 saturated heterocycles. The van der Waals surface area contributed by atoms with Crippen molar-refractivity contribution in [1.29, 1.82) is 0 Å². The molecule has 6 nitrogen and oxygen atoms in total. The predicted molar refractivity (Wildman–Crippen MR) is 95.5 cm³/mol. The van der Waals surface area contributed by atoms with Crippen LogP contribution < -0.4 is 4.90 Å². The van der Waals surface area contributed by atoms with E-state index >= 15 is 0 Å². The van der Waals surface area contributed by atoms with E-state index in [4.69, 9.17) is 0 Å². The Kier molecular flexibility index (Phi) is 4.16. The molecule has 4 rings (SSSR count). The van der Waals surface area contributed by atoms with Crippen molar-refractivity contribution >= 4 is 33.4 Å². The first-order valence-corrected chi connectivity index (χ1v) is 8.60. The standard InChI is InChI=1S/C18H18F3N5O/c1-25(15(27)6-18(19,20)21)12-3-5-26(10-12)14-9-22-7-11-8-24-17-13(16(11)14)2-4-23-17/h2,4,7-9,12H,3,5-6,10H2,1H3,(H,23,24). The molecule has 1 aliphatic heterocycles. The zero-order valence-corrected chi connectivity index (χ0v) is 14.6. The number of pyridine rings is 2. The molecule has 142 valence electrons. The van der Waals surface area contributed by atoms with Gasteiger partial charge in [0, 0.05) is 54.9 Å². The van der Waals surface area contributed by atoms with Crippen LogP contribution in [0.3, 0.4) is 0 Å². The molecule has 1 amide bonds. The van der Waals surface area contributed by atoms with Crippen molar-refractivity contribution in [3.8, 4) is 0 Å². The monoisotopic (exact) mass is 377 g/mol. The van der Waals surface area contributed by atoms with Crippen LogP contribution >= 0.6 is 0 Å². The number of H-pyrrole nitrogens is 1. The van der Waals surface area contributed by atoms with E-state index in [1.807, 2.05) is 12.3 Å². The zero-order chi connectivity index (χ0) is 19.2. The molecule has 0 radical (unpaired) electrons. The van der Waals surface area contributed by atoms with Gasteiger partial charge in [-0.05, 0) is 12.5 Å². The molecule has 0 saturated carbocycles. The van der Waals surface area contributed by atoms with E-state index in [2.05, 4.69) is 19.9 Å². The Balaban J connectivity index is 1.61. The SMILES string of the molecule is CN(C(=O)CC(F)(F)F)C1CCN(c2cncc3cnc4[nH]ccc4c23)C1. The van der Waals surface area contributed by atoms with Gasteiger partial charge in [-0.1, -0.05) is 0 Å². The molecule has 1 unspecified atom stereocenters. The minimum Gasteiger partial charge on any atom is -0.368 e. The van der Waals surface area contributed by atoms with E-state index in [-0.39, 0.29) is 6.04 Å². The number of nitrogens with one attached hydrogen (secondary N) is 1. The number of alkyl halides is 3. The number of likely N-dealkylation sites (N-methyl/N-ethyl adjacent to an activating group) is 1. The van der Waals surface area contributed by atoms with E-state index < -0.39 is 18.5 Å². The highest BCUT2D eigenvalue weighted by Crippen LogP contribution is 2.34. The van der Waals surface area contributed by atoms with Crippen molar-refractivity contribution < 1.29 is 18.0 Å². The molecule has 0 aliphatic carbocycles. The highest BCUT2D eigenvalue weighted by atomic mass is 19.4. The number of carbonyl (C=O) groups is 1. The number of amides is 1.